The molecule has 0 aliphatic carbocycles. The van der Waals surface area contributed by atoms with Gasteiger partial charge in [0.2, 0.25) is 0 Å². The lowest BCUT2D eigenvalue weighted by Crippen LogP contribution is -2.39. The monoisotopic (exact) mass is 471 g/mol. The zero-order valence-corrected chi connectivity index (χ0v) is 20.3. The lowest BCUT2D eigenvalue weighted by molar-refractivity contribution is 0.145. The first-order chi connectivity index (χ1) is 17.3. The van der Waals surface area contributed by atoms with E-state index in [1.807, 2.05) is 10.6 Å². The molecule has 7 nitrogen and oxygen atoms in total. The van der Waals surface area contributed by atoms with Gasteiger partial charge >= 0.3 is 0 Å². The molecule has 1 aliphatic rings. The number of para-hydroxylation sites is 1. The standard InChI is InChI=1S/C28H33N5O2/c1-34-15-16-35-28-10-3-2-7-22(28)17-24-9-4-5-13-32(24)14-6-8-23-19-29-27-12-11-25(18-26(23)27)33-20-30-31-21-33/h2-4,7,9-12,18-21,24,29H,5-6,8,13-17H2,1H3. The van der Waals surface area contributed by atoms with Gasteiger partial charge < -0.3 is 14.5 Å². The number of methoxy groups -OCH3 is 1. The summed E-state index contributed by atoms with van der Waals surface area (Å²) in [5.74, 6) is 0.964. The summed E-state index contributed by atoms with van der Waals surface area (Å²) in [6.07, 6.45) is 14.5. The van der Waals surface area contributed by atoms with E-state index in [0.29, 0.717) is 19.3 Å². The summed E-state index contributed by atoms with van der Waals surface area (Å²) in [4.78, 5) is 6.04. The molecule has 1 N–H and O–H groups in total. The molecule has 1 atom stereocenters. The molecular weight excluding hydrogens is 438 g/mol. The van der Waals surface area contributed by atoms with Gasteiger partial charge in [-0.25, -0.2) is 0 Å². The minimum Gasteiger partial charge on any atom is -0.491 e. The summed E-state index contributed by atoms with van der Waals surface area (Å²) in [6, 6.07) is 15.2. The topological polar surface area (TPSA) is 68.2 Å². The van der Waals surface area contributed by atoms with Crippen LogP contribution >= 0.6 is 0 Å². The van der Waals surface area contributed by atoms with Crippen LogP contribution in [0.3, 0.4) is 0 Å². The number of rotatable bonds is 11. The number of hydrogen-bond donors (Lipinski definition) is 1. The van der Waals surface area contributed by atoms with Gasteiger partial charge in [-0.05, 0) is 67.6 Å². The molecule has 3 heterocycles. The molecule has 0 saturated heterocycles. The highest BCUT2D eigenvalue weighted by molar-refractivity contribution is 5.85. The van der Waals surface area contributed by atoms with E-state index in [0.717, 1.165) is 50.2 Å². The van der Waals surface area contributed by atoms with E-state index in [4.69, 9.17) is 9.47 Å². The average molecular weight is 472 g/mol. The van der Waals surface area contributed by atoms with Crippen LogP contribution < -0.4 is 4.74 Å². The van der Waals surface area contributed by atoms with Crippen LogP contribution in [-0.4, -0.2) is 64.1 Å². The Balaban J connectivity index is 1.22. The van der Waals surface area contributed by atoms with E-state index in [1.165, 1.54) is 22.0 Å². The zero-order chi connectivity index (χ0) is 23.9. The van der Waals surface area contributed by atoms with Gasteiger partial charge in [0, 0.05) is 42.5 Å². The van der Waals surface area contributed by atoms with Gasteiger partial charge in [-0.15, -0.1) is 10.2 Å². The molecule has 2 aromatic carbocycles. The van der Waals surface area contributed by atoms with Crippen LogP contribution in [0.15, 0.2) is 73.5 Å². The number of nitrogens with one attached hydrogen (secondary N) is 1. The number of nitrogens with zero attached hydrogens (tertiary/aromatic N) is 4. The van der Waals surface area contributed by atoms with Crippen molar-refractivity contribution < 1.29 is 9.47 Å². The van der Waals surface area contributed by atoms with E-state index in [2.05, 4.69) is 74.8 Å². The molecule has 35 heavy (non-hydrogen) atoms. The van der Waals surface area contributed by atoms with Crippen molar-refractivity contribution in [2.45, 2.75) is 31.7 Å². The summed E-state index contributed by atoms with van der Waals surface area (Å²) in [6.45, 7) is 3.33. The number of H-pyrrole nitrogens is 1. The van der Waals surface area contributed by atoms with Gasteiger partial charge in [0.05, 0.1) is 6.61 Å². The first-order valence-corrected chi connectivity index (χ1v) is 12.4. The maximum absolute atomic E-state index is 5.98. The molecule has 0 amide bonds. The highest BCUT2D eigenvalue weighted by atomic mass is 16.5. The molecule has 0 spiro atoms. The second kappa shape index (κ2) is 11.3. The lowest BCUT2D eigenvalue weighted by Gasteiger charge is -2.32. The van der Waals surface area contributed by atoms with Crippen molar-refractivity contribution in [2.24, 2.45) is 0 Å². The fourth-order valence-corrected chi connectivity index (χ4v) is 4.87. The highest BCUT2D eigenvalue weighted by Crippen LogP contribution is 2.25. The van der Waals surface area contributed by atoms with Crippen molar-refractivity contribution in [2.75, 3.05) is 33.4 Å². The molecule has 7 heteroatoms. The SMILES string of the molecule is COCCOc1ccccc1CC1C=CCCN1CCCc1c[nH]c2ccc(-n3cnnc3)cc12. The molecule has 182 valence electrons. The second-order valence-electron chi connectivity index (χ2n) is 8.99. The van der Waals surface area contributed by atoms with E-state index in [9.17, 15) is 0 Å². The van der Waals surface area contributed by atoms with Crippen molar-refractivity contribution in [3.05, 3.63) is 84.6 Å². The van der Waals surface area contributed by atoms with Crippen molar-refractivity contribution in [1.82, 2.24) is 24.6 Å². The molecule has 0 fully saturated rings. The zero-order valence-electron chi connectivity index (χ0n) is 20.3. The molecule has 4 aromatic rings. The van der Waals surface area contributed by atoms with Crippen LogP contribution in [0.5, 0.6) is 5.75 Å². The summed E-state index contributed by atoms with van der Waals surface area (Å²) in [7, 11) is 1.70. The molecule has 5 rings (SSSR count). The predicted octanol–water partition coefficient (Wildman–Crippen LogP) is 4.58. The average Bonchev–Trinajstić information content (AvgIpc) is 3.57. The maximum Gasteiger partial charge on any atom is 0.123 e. The Kier molecular flexibility index (Phi) is 7.56. The molecule has 0 radical (unpaired) electrons. The fraction of sp³-hybridized carbons (Fsp3) is 0.357. The smallest absolute Gasteiger partial charge is 0.123 e. The molecule has 0 bridgehead atoms. The quantitative estimate of drug-likeness (QED) is 0.256. The number of aryl methyl sites for hydroxylation is 1. The van der Waals surface area contributed by atoms with E-state index >= 15 is 0 Å². The van der Waals surface area contributed by atoms with Crippen LogP contribution in [0.4, 0.5) is 0 Å². The first-order valence-electron chi connectivity index (χ1n) is 12.4. The van der Waals surface area contributed by atoms with Crippen molar-refractivity contribution in [3.8, 4) is 11.4 Å². The molecular formula is C28H33N5O2. The van der Waals surface area contributed by atoms with E-state index in [1.54, 1.807) is 19.8 Å². The summed E-state index contributed by atoms with van der Waals surface area (Å²) < 4.78 is 13.1. The summed E-state index contributed by atoms with van der Waals surface area (Å²) >= 11 is 0. The van der Waals surface area contributed by atoms with E-state index in [-0.39, 0.29) is 0 Å². The molecule has 2 aromatic heterocycles. The fourth-order valence-electron chi connectivity index (χ4n) is 4.87. The highest BCUT2D eigenvalue weighted by Gasteiger charge is 2.20. The van der Waals surface area contributed by atoms with Crippen molar-refractivity contribution in [3.63, 3.8) is 0 Å². The second-order valence-corrected chi connectivity index (χ2v) is 8.99. The summed E-state index contributed by atoms with van der Waals surface area (Å²) in [5, 5.41) is 9.13. The number of aromatic amines is 1. The lowest BCUT2D eigenvalue weighted by atomic mass is 9.99. The van der Waals surface area contributed by atoms with Crippen LogP contribution in [-0.2, 0) is 17.6 Å². The van der Waals surface area contributed by atoms with Gasteiger partial charge in [-0.2, -0.15) is 0 Å². The summed E-state index contributed by atoms with van der Waals surface area (Å²) in [5.41, 5.74) is 4.86. The van der Waals surface area contributed by atoms with Crippen molar-refractivity contribution >= 4 is 10.9 Å². The van der Waals surface area contributed by atoms with Crippen LogP contribution in [0.25, 0.3) is 16.6 Å². The Bertz CT molecular complexity index is 1250. The third-order valence-electron chi connectivity index (χ3n) is 6.72. The normalized spacial score (nSPS) is 16.2. The van der Waals surface area contributed by atoms with Crippen molar-refractivity contribution in [1.29, 1.82) is 0 Å². The number of fused-ring (bicyclic) bond motifs is 1. The maximum atomic E-state index is 5.98. The number of hydrogen-bond acceptors (Lipinski definition) is 5. The number of benzene rings is 2. The van der Waals surface area contributed by atoms with Gasteiger partial charge in [0.25, 0.3) is 0 Å². The van der Waals surface area contributed by atoms with Gasteiger partial charge in [0.15, 0.2) is 0 Å². The third kappa shape index (κ3) is 5.63. The van der Waals surface area contributed by atoms with E-state index < -0.39 is 0 Å². The van der Waals surface area contributed by atoms with Crippen LogP contribution in [0.2, 0.25) is 0 Å². The van der Waals surface area contributed by atoms with Crippen LogP contribution in [0, 0.1) is 0 Å². The minimum atomic E-state index is 0.388. The Labute approximate surface area is 206 Å². The Morgan fingerprint density at radius 2 is 1.94 bits per heavy atom. The number of aromatic nitrogens is 4. The van der Waals surface area contributed by atoms with Gasteiger partial charge in [-0.3, -0.25) is 9.47 Å². The third-order valence-corrected chi connectivity index (χ3v) is 6.72. The Morgan fingerprint density at radius 1 is 1.06 bits per heavy atom. The minimum absolute atomic E-state index is 0.388. The molecule has 1 unspecified atom stereocenters. The number of ether oxygens (including phenoxy) is 2. The van der Waals surface area contributed by atoms with Gasteiger partial charge in [0.1, 0.15) is 25.0 Å². The first kappa shape index (κ1) is 23.3. The Morgan fingerprint density at radius 3 is 2.83 bits per heavy atom. The Hall–Kier alpha value is -3.42. The van der Waals surface area contributed by atoms with Crippen LogP contribution in [0.1, 0.15) is 24.0 Å². The molecule has 0 saturated carbocycles. The largest absolute Gasteiger partial charge is 0.491 e. The predicted molar refractivity (Wildman–Crippen MR) is 138 cm³/mol. The molecule has 1 aliphatic heterocycles. The van der Waals surface area contributed by atoms with Gasteiger partial charge in [-0.1, -0.05) is 30.4 Å².